The zero-order valence-electron chi connectivity index (χ0n) is 30.7. The summed E-state index contributed by atoms with van der Waals surface area (Å²) in [5.41, 5.74) is 17.0. The number of nitrogens with zero attached hydrogens (tertiary/aromatic N) is 3. The Labute approximate surface area is 321 Å². The zero-order valence-corrected chi connectivity index (χ0v) is 30.7. The Kier molecular flexibility index (Phi) is 7.81. The molecule has 7 aromatic carbocycles. The molecule has 3 heteroatoms. The molecule has 1 aliphatic carbocycles. The van der Waals surface area contributed by atoms with Crippen molar-refractivity contribution in [3.05, 3.63) is 199 Å². The van der Waals surface area contributed by atoms with Crippen molar-refractivity contribution in [2.24, 2.45) is 0 Å². The quantitative estimate of drug-likeness (QED) is 0.173. The van der Waals surface area contributed by atoms with Crippen LogP contribution >= 0.6 is 0 Å². The first-order valence-electron chi connectivity index (χ1n) is 18.8. The van der Waals surface area contributed by atoms with E-state index in [0.717, 1.165) is 44.9 Å². The molecule has 0 saturated heterocycles. The van der Waals surface area contributed by atoms with Crippen LogP contribution in [0.4, 0.5) is 0 Å². The van der Waals surface area contributed by atoms with Crippen LogP contribution in [0.1, 0.15) is 25.0 Å². The van der Waals surface area contributed by atoms with Crippen LogP contribution in [-0.2, 0) is 5.41 Å². The predicted octanol–water partition coefficient (Wildman–Crippen LogP) is 13.3. The largest absolute Gasteiger partial charge is 0.256 e. The van der Waals surface area contributed by atoms with E-state index < -0.39 is 0 Å². The van der Waals surface area contributed by atoms with E-state index in [0.29, 0.717) is 5.82 Å². The number of aromatic nitrogens is 3. The summed E-state index contributed by atoms with van der Waals surface area (Å²) in [4.78, 5) is 14.6. The minimum Gasteiger partial charge on any atom is -0.256 e. The Balaban J connectivity index is 0.988. The van der Waals surface area contributed by atoms with E-state index in [-0.39, 0.29) is 5.41 Å². The lowest BCUT2D eigenvalue weighted by atomic mass is 9.82. The second kappa shape index (κ2) is 13.2. The summed E-state index contributed by atoms with van der Waals surface area (Å²) in [5.74, 6) is 0.701. The molecule has 0 spiro atoms. The van der Waals surface area contributed by atoms with Gasteiger partial charge in [0.25, 0.3) is 0 Å². The average Bonchev–Trinajstić information content (AvgIpc) is 3.49. The van der Waals surface area contributed by atoms with Crippen LogP contribution in [0.5, 0.6) is 0 Å². The molecule has 9 aromatic rings. The van der Waals surface area contributed by atoms with Gasteiger partial charge in [-0.3, -0.25) is 4.98 Å². The predicted molar refractivity (Wildman–Crippen MR) is 228 cm³/mol. The Bertz CT molecular complexity index is 2860. The summed E-state index contributed by atoms with van der Waals surface area (Å²) in [5, 5.41) is 2.61. The van der Waals surface area contributed by atoms with Gasteiger partial charge in [0.1, 0.15) is 0 Å². The lowest BCUT2D eigenvalue weighted by molar-refractivity contribution is 0.661. The van der Waals surface area contributed by atoms with Crippen LogP contribution in [0.2, 0.25) is 0 Å². The van der Waals surface area contributed by atoms with Crippen molar-refractivity contribution in [2.45, 2.75) is 19.3 Å². The average molecular weight is 704 g/mol. The third-order valence-corrected chi connectivity index (χ3v) is 11.2. The number of benzene rings is 7. The first-order valence-corrected chi connectivity index (χ1v) is 18.8. The molecule has 3 nitrogen and oxygen atoms in total. The number of fused-ring (bicyclic) bond motifs is 5. The smallest absolute Gasteiger partial charge is 0.160 e. The fourth-order valence-electron chi connectivity index (χ4n) is 8.22. The summed E-state index contributed by atoms with van der Waals surface area (Å²) < 4.78 is 0. The van der Waals surface area contributed by atoms with E-state index in [4.69, 9.17) is 9.97 Å². The molecule has 0 unspecified atom stereocenters. The Morgan fingerprint density at radius 3 is 1.65 bits per heavy atom. The van der Waals surface area contributed by atoms with Crippen molar-refractivity contribution in [2.75, 3.05) is 0 Å². The number of hydrogen-bond acceptors (Lipinski definition) is 3. The van der Waals surface area contributed by atoms with Gasteiger partial charge in [-0.25, -0.2) is 9.97 Å². The molecule has 10 rings (SSSR count). The van der Waals surface area contributed by atoms with Crippen LogP contribution in [0.15, 0.2) is 188 Å². The molecular formula is C52H37N3. The SMILES string of the molecule is CC1(C)c2ccc(-c3cccc(-c4ccc(-c5cc(-c6ccc(-c7ccccn7)cc6)nc(-c6ccccc6)n5)cc4)c3)cc2-c2c1ccc1ccccc21. The molecule has 260 valence electrons. The Hall–Kier alpha value is -6.97. The van der Waals surface area contributed by atoms with Gasteiger partial charge >= 0.3 is 0 Å². The molecule has 0 N–H and O–H groups in total. The highest BCUT2D eigenvalue weighted by Crippen LogP contribution is 2.52. The molecular weight excluding hydrogens is 667 g/mol. The van der Waals surface area contributed by atoms with Gasteiger partial charge in [-0.15, -0.1) is 0 Å². The van der Waals surface area contributed by atoms with Gasteiger partial charge < -0.3 is 0 Å². The lowest BCUT2D eigenvalue weighted by Gasteiger charge is -2.21. The van der Waals surface area contributed by atoms with Gasteiger partial charge in [-0.2, -0.15) is 0 Å². The maximum Gasteiger partial charge on any atom is 0.160 e. The number of pyridine rings is 1. The number of rotatable bonds is 6. The van der Waals surface area contributed by atoms with Crippen LogP contribution in [0.25, 0.3) is 89.3 Å². The van der Waals surface area contributed by atoms with Gasteiger partial charge in [0, 0.05) is 33.9 Å². The first kappa shape index (κ1) is 32.7. The third kappa shape index (κ3) is 5.82. The molecule has 0 aliphatic heterocycles. The standard InChI is InChI=1S/C52H37N3/c1-52(2)45-28-27-42(32-44(45)50-43-16-7-6-11-35(43)26-29-46(50)52)41-15-10-14-40(31-41)34-18-20-37(21-19-34)48-33-49(55-51(54-48)39-12-4-3-5-13-39)38-24-22-36(23-25-38)47-17-8-9-30-53-47/h3-33H,1-2H3. The van der Waals surface area contributed by atoms with Crippen LogP contribution in [-0.4, -0.2) is 15.0 Å². The van der Waals surface area contributed by atoms with Crippen molar-refractivity contribution in [1.82, 2.24) is 15.0 Å². The van der Waals surface area contributed by atoms with E-state index in [2.05, 4.69) is 164 Å². The van der Waals surface area contributed by atoms with Crippen molar-refractivity contribution in [3.63, 3.8) is 0 Å². The molecule has 55 heavy (non-hydrogen) atoms. The van der Waals surface area contributed by atoms with Crippen LogP contribution in [0, 0.1) is 0 Å². The third-order valence-electron chi connectivity index (χ3n) is 11.2. The van der Waals surface area contributed by atoms with Gasteiger partial charge in [-0.05, 0) is 85.6 Å². The summed E-state index contributed by atoms with van der Waals surface area (Å²) in [7, 11) is 0. The minimum absolute atomic E-state index is 0.0478. The normalized spacial score (nSPS) is 12.7. The molecule has 0 bridgehead atoms. The molecule has 0 saturated carbocycles. The first-order chi connectivity index (χ1) is 27.0. The van der Waals surface area contributed by atoms with Gasteiger partial charge in [0.05, 0.1) is 17.1 Å². The van der Waals surface area contributed by atoms with E-state index in [1.165, 1.54) is 49.7 Å². The maximum absolute atomic E-state index is 5.07. The molecule has 0 amide bonds. The van der Waals surface area contributed by atoms with E-state index in [9.17, 15) is 0 Å². The Morgan fingerprint density at radius 2 is 0.945 bits per heavy atom. The lowest BCUT2D eigenvalue weighted by Crippen LogP contribution is -2.14. The van der Waals surface area contributed by atoms with Gasteiger partial charge in [-0.1, -0.05) is 166 Å². The summed E-state index contributed by atoms with van der Waals surface area (Å²) in [6.07, 6.45) is 1.82. The van der Waals surface area contributed by atoms with Crippen molar-refractivity contribution in [1.29, 1.82) is 0 Å². The molecule has 1 aliphatic rings. The van der Waals surface area contributed by atoms with Gasteiger partial charge in [0.15, 0.2) is 5.82 Å². The highest BCUT2D eigenvalue weighted by molar-refractivity contribution is 6.03. The van der Waals surface area contributed by atoms with Crippen molar-refractivity contribution in [3.8, 4) is 78.5 Å². The fraction of sp³-hybridized carbons (Fsp3) is 0.0577. The molecule has 0 fully saturated rings. The second-order valence-corrected chi connectivity index (χ2v) is 14.9. The number of hydrogen-bond donors (Lipinski definition) is 0. The molecule has 0 radical (unpaired) electrons. The molecule has 0 atom stereocenters. The van der Waals surface area contributed by atoms with Crippen LogP contribution in [0.3, 0.4) is 0 Å². The topological polar surface area (TPSA) is 38.7 Å². The minimum atomic E-state index is -0.0478. The highest BCUT2D eigenvalue weighted by Gasteiger charge is 2.36. The monoisotopic (exact) mass is 703 g/mol. The second-order valence-electron chi connectivity index (χ2n) is 14.9. The summed E-state index contributed by atoms with van der Waals surface area (Å²) >= 11 is 0. The maximum atomic E-state index is 5.07. The van der Waals surface area contributed by atoms with Crippen LogP contribution < -0.4 is 0 Å². The van der Waals surface area contributed by atoms with E-state index in [1.807, 2.05) is 42.6 Å². The zero-order chi connectivity index (χ0) is 36.9. The van der Waals surface area contributed by atoms with Crippen molar-refractivity contribution < 1.29 is 0 Å². The van der Waals surface area contributed by atoms with Crippen molar-refractivity contribution >= 4 is 10.8 Å². The van der Waals surface area contributed by atoms with Gasteiger partial charge in [0.2, 0.25) is 0 Å². The molecule has 2 aromatic heterocycles. The highest BCUT2D eigenvalue weighted by atomic mass is 14.9. The summed E-state index contributed by atoms with van der Waals surface area (Å²) in [6, 6.07) is 64.7. The molecule has 2 heterocycles. The summed E-state index contributed by atoms with van der Waals surface area (Å²) in [6.45, 7) is 4.70. The van der Waals surface area contributed by atoms with E-state index >= 15 is 0 Å². The fourth-order valence-corrected chi connectivity index (χ4v) is 8.22. The van der Waals surface area contributed by atoms with E-state index in [1.54, 1.807) is 0 Å². The Morgan fingerprint density at radius 1 is 0.382 bits per heavy atom.